The summed E-state index contributed by atoms with van der Waals surface area (Å²) in [4.78, 5) is 14.2. The van der Waals surface area contributed by atoms with E-state index in [9.17, 15) is 24.1 Å². The number of carbonyl (C=O) groups is 1. The van der Waals surface area contributed by atoms with Crippen LogP contribution in [-0.4, -0.2) is 16.7 Å². The molecule has 3 atom stereocenters. The smallest absolute Gasteiger partial charge is 0.177 e. The Kier molecular flexibility index (Phi) is 4.01. The largest absolute Gasteiger partial charge is 0.357 e. The average Bonchev–Trinajstić information content (AvgIpc) is 3.01. The molecular weight excluding hydrogens is 360 g/mol. The van der Waals surface area contributed by atoms with Gasteiger partial charge in [-0.1, -0.05) is 36.4 Å². The number of benzene rings is 2. The molecule has 0 radical (unpaired) electrons. The van der Waals surface area contributed by atoms with Crippen LogP contribution in [0.25, 0.3) is 6.08 Å². The molecule has 1 saturated heterocycles. The van der Waals surface area contributed by atoms with Crippen LogP contribution in [0.5, 0.6) is 0 Å². The van der Waals surface area contributed by atoms with Gasteiger partial charge in [0.2, 0.25) is 0 Å². The molecule has 4 rings (SSSR count). The number of ketones is 1. The van der Waals surface area contributed by atoms with E-state index in [1.165, 1.54) is 19.1 Å². The van der Waals surface area contributed by atoms with Crippen molar-refractivity contribution < 1.29 is 13.6 Å². The minimum absolute atomic E-state index is 0.136. The van der Waals surface area contributed by atoms with Gasteiger partial charge in [0.1, 0.15) is 0 Å². The predicted molar refractivity (Wildman–Crippen MR) is 97.3 cm³/mol. The van der Waals surface area contributed by atoms with Gasteiger partial charge in [-0.15, -0.1) is 0 Å². The number of carbonyl (C=O) groups excluding carboxylic acids is 1. The van der Waals surface area contributed by atoms with E-state index in [0.717, 1.165) is 11.6 Å². The maximum atomic E-state index is 14.7. The molecule has 0 N–H and O–H groups in total. The van der Waals surface area contributed by atoms with Gasteiger partial charge in [-0.3, -0.25) is 4.79 Å². The molecular formula is C22H15F2N3O. The van der Waals surface area contributed by atoms with Crippen molar-refractivity contribution in [1.29, 1.82) is 10.5 Å². The minimum atomic E-state index is -1.77. The number of hydrogen-bond donors (Lipinski definition) is 0. The molecule has 2 aliphatic rings. The first-order chi connectivity index (χ1) is 13.5. The lowest BCUT2D eigenvalue weighted by Gasteiger charge is -2.34. The highest BCUT2D eigenvalue weighted by Gasteiger charge is 2.63. The maximum absolute atomic E-state index is 14.7. The summed E-state index contributed by atoms with van der Waals surface area (Å²) in [6.07, 6.45) is 3.46. The zero-order chi connectivity index (χ0) is 20.1. The summed E-state index contributed by atoms with van der Waals surface area (Å²) in [5.41, 5.74) is -0.380. The molecule has 0 unspecified atom stereocenters. The van der Waals surface area contributed by atoms with Crippen LogP contribution in [0, 0.1) is 39.7 Å². The highest BCUT2D eigenvalue weighted by molar-refractivity contribution is 5.85. The van der Waals surface area contributed by atoms with Crippen LogP contribution in [0.3, 0.4) is 0 Å². The number of fused-ring (bicyclic) bond motifs is 3. The number of rotatable bonds is 2. The van der Waals surface area contributed by atoms with E-state index in [1.54, 1.807) is 29.3 Å². The summed E-state index contributed by atoms with van der Waals surface area (Å²) in [5.74, 6) is -3.68. The van der Waals surface area contributed by atoms with Crippen LogP contribution in [-0.2, 0) is 4.79 Å². The van der Waals surface area contributed by atoms with Crippen LogP contribution in [0.4, 0.5) is 8.78 Å². The Hall–Kier alpha value is -3.51. The van der Waals surface area contributed by atoms with Crippen LogP contribution in [0.2, 0.25) is 0 Å². The van der Waals surface area contributed by atoms with Crippen molar-refractivity contribution in [2.45, 2.75) is 24.9 Å². The summed E-state index contributed by atoms with van der Waals surface area (Å²) in [6, 6.07) is 13.3. The molecule has 2 aromatic carbocycles. The van der Waals surface area contributed by atoms with Crippen molar-refractivity contribution >= 4 is 11.9 Å². The zero-order valence-corrected chi connectivity index (χ0v) is 14.9. The average molecular weight is 375 g/mol. The van der Waals surface area contributed by atoms with Crippen LogP contribution >= 0.6 is 0 Å². The number of hydrogen-bond acceptors (Lipinski definition) is 4. The van der Waals surface area contributed by atoms with E-state index in [-0.39, 0.29) is 11.3 Å². The second-order valence-electron chi connectivity index (χ2n) is 7.06. The Balaban J connectivity index is 2.05. The normalized spacial score (nSPS) is 24.0. The summed E-state index contributed by atoms with van der Waals surface area (Å²) >= 11 is 0. The van der Waals surface area contributed by atoms with Gasteiger partial charge in [0, 0.05) is 12.1 Å². The van der Waals surface area contributed by atoms with Crippen LogP contribution in [0.15, 0.2) is 48.7 Å². The number of halogens is 2. The molecule has 0 aliphatic carbocycles. The van der Waals surface area contributed by atoms with Crippen LogP contribution in [0.1, 0.15) is 35.6 Å². The molecule has 0 aromatic heterocycles. The van der Waals surface area contributed by atoms with Crippen molar-refractivity contribution in [2.75, 3.05) is 0 Å². The molecule has 0 spiro atoms. The van der Waals surface area contributed by atoms with E-state index in [4.69, 9.17) is 0 Å². The minimum Gasteiger partial charge on any atom is -0.357 e. The first-order valence-corrected chi connectivity index (χ1v) is 8.77. The first kappa shape index (κ1) is 17.9. The highest BCUT2D eigenvalue weighted by Crippen LogP contribution is 2.59. The van der Waals surface area contributed by atoms with Gasteiger partial charge < -0.3 is 4.90 Å². The molecule has 0 bridgehead atoms. The fourth-order valence-corrected chi connectivity index (χ4v) is 4.56. The summed E-state index contributed by atoms with van der Waals surface area (Å²) in [5, 5.41) is 20.2. The quantitative estimate of drug-likeness (QED) is 0.793. The van der Waals surface area contributed by atoms with E-state index in [2.05, 4.69) is 12.1 Å². The number of Topliss-reactive ketones (excluding diaryl/α,β-unsaturated/α-hetero) is 1. The van der Waals surface area contributed by atoms with Gasteiger partial charge in [-0.2, -0.15) is 10.5 Å². The van der Waals surface area contributed by atoms with Crippen molar-refractivity contribution in [3.05, 3.63) is 77.0 Å². The number of nitrogens with zero attached hydrogens (tertiary/aromatic N) is 3. The second kappa shape index (κ2) is 6.28. The Morgan fingerprint density at radius 1 is 1.07 bits per heavy atom. The Morgan fingerprint density at radius 2 is 1.75 bits per heavy atom. The molecule has 0 saturated carbocycles. The van der Waals surface area contributed by atoms with Gasteiger partial charge in [0.05, 0.1) is 24.2 Å². The standard InChI is InChI=1S/C22H15F2N3O/c1-13(28)20-18(16-7-4-8-17(23)19(16)24)22(11-25,12-26)21-15-6-3-2-5-14(15)9-10-27(20)21/h2-10,18,20-21H,1H3/t18-,20+,21-/m0/s1. The van der Waals surface area contributed by atoms with Crippen LogP contribution < -0.4 is 0 Å². The topological polar surface area (TPSA) is 67.9 Å². The molecule has 0 amide bonds. The predicted octanol–water partition coefficient (Wildman–Crippen LogP) is 4.08. The van der Waals surface area contributed by atoms with Gasteiger partial charge in [0.15, 0.2) is 22.8 Å². The molecule has 4 nitrogen and oxygen atoms in total. The van der Waals surface area contributed by atoms with Crippen molar-refractivity contribution in [2.24, 2.45) is 5.41 Å². The van der Waals surface area contributed by atoms with Crippen molar-refractivity contribution in [1.82, 2.24) is 4.90 Å². The molecule has 2 aliphatic heterocycles. The summed E-state index contributed by atoms with van der Waals surface area (Å²) in [7, 11) is 0. The fourth-order valence-electron chi connectivity index (χ4n) is 4.56. The van der Waals surface area contributed by atoms with Gasteiger partial charge in [-0.05, 0) is 35.8 Å². The fraction of sp³-hybridized carbons (Fsp3) is 0.227. The lowest BCUT2D eigenvalue weighted by atomic mass is 9.67. The molecule has 28 heavy (non-hydrogen) atoms. The second-order valence-corrected chi connectivity index (χ2v) is 7.06. The van der Waals surface area contributed by atoms with Gasteiger partial charge in [-0.25, -0.2) is 8.78 Å². The third kappa shape index (κ3) is 2.21. The maximum Gasteiger partial charge on any atom is 0.177 e. The third-order valence-electron chi connectivity index (χ3n) is 5.68. The number of nitriles is 2. The molecule has 138 valence electrons. The molecule has 6 heteroatoms. The zero-order valence-electron chi connectivity index (χ0n) is 14.9. The third-order valence-corrected chi connectivity index (χ3v) is 5.68. The lowest BCUT2D eigenvalue weighted by Crippen LogP contribution is -2.36. The van der Waals surface area contributed by atoms with E-state index in [1.807, 2.05) is 12.1 Å². The molecule has 2 heterocycles. The van der Waals surface area contributed by atoms with E-state index >= 15 is 0 Å². The monoisotopic (exact) mass is 375 g/mol. The first-order valence-electron chi connectivity index (χ1n) is 8.77. The summed E-state index contributed by atoms with van der Waals surface area (Å²) in [6.45, 7) is 1.34. The van der Waals surface area contributed by atoms with E-state index in [0.29, 0.717) is 5.56 Å². The summed E-state index contributed by atoms with van der Waals surface area (Å²) < 4.78 is 28.7. The van der Waals surface area contributed by atoms with Gasteiger partial charge in [0.25, 0.3) is 0 Å². The van der Waals surface area contributed by atoms with Crippen molar-refractivity contribution in [3.63, 3.8) is 0 Å². The lowest BCUT2D eigenvalue weighted by molar-refractivity contribution is -0.121. The SMILES string of the molecule is CC(=O)[C@@H]1[C@H](c2cccc(F)c2F)C(C#N)(C#N)[C@@H]2c3ccccc3C=CN12. The van der Waals surface area contributed by atoms with Gasteiger partial charge >= 0.3 is 0 Å². The Morgan fingerprint density at radius 3 is 2.43 bits per heavy atom. The Labute approximate surface area is 160 Å². The van der Waals surface area contributed by atoms with Crippen molar-refractivity contribution in [3.8, 4) is 12.1 Å². The molecule has 2 aromatic rings. The Bertz CT molecular complexity index is 1080. The van der Waals surface area contributed by atoms with E-state index < -0.39 is 35.1 Å². The molecule has 1 fully saturated rings. The highest BCUT2D eigenvalue weighted by atomic mass is 19.2.